The molecule has 0 spiro atoms. The molecule has 0 aliphatic carbocycles. The molecule has 3 heteroatoms. The molecule has 0 saturated carbocycles. The molecule has 0 unspecified atom stereocenters. The number of aromatic amines is 1. The first kappa shape index (κ1) is 15.3. The van der Waals surface area contributed by atoms with Gasteiger partial charge >= 0.3 is 0 Å². The highest BCUT2D eigenvalue weighted by molar-refractivity contribution is 5.85. The summed E-state index contributed by atoms with van der Waals surface area (Å²) in [4.78, 5) is 5.85. The zero-order valence-corrected chi connectivity index (χ0v) is 13.8. The van der Waals surface area contributed by atoms with Crippen molar-refractivity contribution in [2.75, 3.05) is 13.6 Å². The summed E-state index contributed by atoms with van der Waals surface area (Å²) in [6.07, 6.45) is 9.70. The van der Waals surface area contributed by atoms with Crippen molar-refractivity contribution in [2.24, 2.45) is 0 Å². The van der Waals surface area contributed by atoms with Crippen molar-refractivity contribution in [3.63, 3.8) is 0 Å². The minimum atomic E-state index is -0.775. The van der Waals surface area contributed by atoms with Crippen molar-refractivity contribution in [2.45, 2.75) is 44.8 Å². The summed E-state index contributed by atoms with van der Waals surface area (Å²) in [5.74, 6) is 0. The van der Waals surface area contributed by atoms with E-state index in [1.54, 1.807) is 13.8 Å². The number of H-pyrrole nitrogens is 1. The van der Waals surface area contributed by atoms with Crippen LogP contribution in [-0.2, 0) is 6.42 Å². The zero-order chi connectivity index (χ0) is 15.7. The Morgan fingerprint density at radius 3 is 2.91 bits per heavy atom. The van der Waals surface area contributed by atoms with E-state index in [0.717, 1.165) is 12.0 Å². The van der Waals surface area contributed by atoms with E-state index in [9.17, 15) is 5.11 Å². The molecule has 1 fully saturated rings. The second-order valence-electron chi connectivity index (χ2n) is 7.09. The predicted molar refractivity (Wildman–Crippen MR) is 93.0 cm³/mol. The van der Waals surface area contributed by atoms with Gasteiger partial charge in [-0.3, -0.25) is 0 Å². The van der Waals surface area contributed by atoms with E-state index in [1.165, 1.54) is 35.9 Å². The molecule has 1 aliphatic rings. The van der Waals surface area contributed by atoms with Crippen LogP contribution in [0, 0.1) is 0 Å². The molecule has 1 aliphatic heterocycles. The van der Waals surface area contributed by atoms with Gasteiger partial charge in [0.05, 0.1) is 5.60 Å². The summed E-state index contributed by atoms with van der Waals surface area (Å²) < 4.78 is 0. The van der Waals surface area contributed by atoms with E-state index in [2.05, 4.69) is 41.3 Å². The number of likely N-dealkylation sites (tertiary alicyclic amines) is 1. The molecule has 22 heavy (non-hydrogen) atoms. The number of hydrogen-bond donors (Lipinski definition) is 2. The third-order valence-electron chi connectivity index (χ3n) is 4.60. The van der Waals surface area contributed by atoms with Gasteiger partial charge in [-0.15, -0.1) is 0 Å². The number of likely N-dealkylation sites (N-methyl/N-ethyl adjacent to an activating group) is 1. The van der Waals surface area contributed by atoms with Crippen LogP contribution in [0.25, 0.3) is 17.0 Å². The van der Waals surface area contributed by atoms with Gasteiger partial charge in [0, 0.05) is 23.1 Å². The van der Waals surface area contributed by atoms with Gasteiger partial charge in [-0.25, -0.2) is 0 Å². The van der Waals surface area contributed by atoms with Gasteiger partial charge in [0.1, 0.15) is 0 Å². The number of rotatable bonds is 4. The maximum absolute atomic E-state index is 9.83. The Labute approximate surface area is 132 Å². The second kappa shape index (κ2) is 5.90. The maximum atomic E-state index is 9.83. The molecular weight excluding hydrogens is 272 g/mol. The molecule has 3 nitrogen and oxygen atoms in total. The van der Waals surface area contributed by atoms with Crippen LogP contribution in [0.2, 0.25) is 0 Å². The van der Waals surface area contributed by atoms with Crippen LogP contribution in [0.5, 0.6) is 0 Å². The molecule has 118 valence electrons. The first-order valence-electron chi connectivity index (χ1n) is 8.14. The van der Waals surface area contributed by atoms with Gasteiger partial charge in [-0.05, 0) is 70.0 Å². The molecule has 1 aromatic heterocycles. The molecular formula is C19H26N2O. The second-order valence-corrected chi connectivity index (χ2v) is 7.09. The molecule has 1 saturated heterocycles. The highest BCUT2D eigenvalue weighted by atomic mass is 16.3. The third-order valence-corrected chi connectivity index (χ3v) is 4.60. The lowest BCUT2D eigenvalue weighted by Crippen LogP contribution is -2.26. The van der Waals surface area contributed by atoms with Crippen LogP contribution in [0.15, 0.2) is 30.5 Å². The minimum absolute atomic E-state index is 0.662. The molecule has 0 amide bonds. The quantitative estimate of drug-likeness (QED) is 0.905. The highest BCUT2D eigenvalue weighted by Crippen LogP contribution is 2.26. The average Bonchev–Trinajstić information content (AvgIpc) is 3.04. The zero-order valence-electron chi connectivity index (χ0n) is 13.8. The van der Waals surface area contributed by atoms with Crippen molar-refractivity contribution in [3.8, 4) is 0 Å². The lowest BCUT2D eigenvalue weighted by Gasteiger charge is -2.18. The van der Waals surface area contributed by atoms with Crippen LogP contribution < -0.4 is 0 Å². The topological polar surface area (TPSA) is 39.3 Å². The fourth-order valence-electron chi connectivity index (χ4n) is 3.26. The number of nitrogens with one attached hydrogen (secondary N) is 1. The summed E-state index contributed by atoms with van der Waals surface area (Å²) in [6.45, 7) is 4.80. The van der Waals surface area contributed by atoms with E-state index in [0.29, 0.717) is 6.04 Å². The molecule has 3 rings (SSSR count). The van der Waals surface area contributed by atoms with Crippen LogP contribution in [0.4, 0.5) is 0 Å². The Morgan fingerprint density at radius 2 is 2.23 bits per heavy atom. The number of aliphatic hydroxyl groups is 1. The van der Waals surface area contributed by atoms with E-state index < -0.39 is 5.60 Å². The van der Waals surface area contributed by atoms with Crippen LogP contribution in [0.3, 0.4) is 0 Å². The molecule has 1 aromatic carbocycles. The third kappa shape index (κ3) is 3.42. The maximum Gasteiger partial charge on any atom is 0.0774 e. The fourth-order valence-corrected chi connectivity index (χ4v) is 3.26. The molecule has 1 atom stereocenters. The van der Waals surface area contributed by atoms with Crippen LogP contribution >= 0.6 is 0 Å². The molecule has 0 radical (unpaired) electrons. The largest absolute Gasteiger partial charge is 0.386 e. The van der Waals surface area contributed by atoms with E-state index in [4.69, 9.17) is 0 Å². The van der Waals surface area contributed by atoms with Gasteiger partial charge in [0.2, 0.25) is 0 Å². The Balaban J connectivity index is 1.87. The summed E-state index contributed by atoms with van der Waals surface area (Å²) in [7, 11) is 2.23. The predicted octanol–water partition coefficient (Wildman–Crippen LogP) is 3.59. The Hall–Kier alpha value is -1.58. The van der Waals surface area contributed by atoms with Crippen molar-refractivity contribution in [1.82, 2.24) is 9.88 Å². The highest BCUT2D eigenvalue weighted by Gasteiger charge is 2.22. The molecule has 2 aromatic rings. The van der Waals surface area contributed by atoms with Crippen molar-refractivity contribution in [1.29, 1.82) is 0 Å². The smallest absolute Gasteiger partial charge is 0.0774 e. The average molecular weight is 298 g/mol. The number of benzene rings is 1. The van der Waals surface area contributed by atoms with Crippen LogP contribution in [0.1, 0.15) is 37.8 Å². The number of fused-ring (bicyclic) bond motifs is 1. The van der Waals surface area contributed by atoms with Crippen molar-refractivity contribution in [3.05, 3.63) is 41.6 Å². The monoisotopic (exact) mass is 298 g/mol. The van der Waals surface area contributed by atoms with Gasteiger partial charge in [0.25, 0.3) is 0 Å². The first-order chi connectivity index (χ1) is 10.4. The summed E-state index contributed by atoms with van der Waals surface area (Å²) in [6, 6.07) is 7.10. The van der Waals surface area contributed by atoms with Gasteiger partial charge < -0.3 is 15.0 Å². The number of hydrogen-bond acceptors (Lipinski definition) is 2. The summed E-state index contributed by atoms with van der Waals surface area (Å²) in [5, 5.41) is 11.1. The Morgan fingerprint density at radius 1 is 1.41 bits per heavy atom. The van der Waals surface area contributed by atoms with Crippen molar-refractivity contribution < 1.29 is 5.11 Å². The lowest BCUT2D eigenvalue weighted by atomic mass is 10.0. The van der Waals surface area contributed by atoms with E-state index >= 15 is 0 Å². The first-order valence-corrected chi connectivity index (χ1v) is 8.14. The normalized spacial score (nSPS) is 20.5. The van der Waals surface area contributed by atoms with Gasteiger partial charge in [-0.1, -0.05) is 18.2 Å². The Bertz CT molecular complexity index is 678. The molecule has 2 heterocycles. The summed E-state index contributed by atoms with van der Waals surface area (Å²) >= 11 is 0. The van der Waals surface area contributed by atoms with Crippen molar-refractivity contribution >= 4 is 17.0 Å². The summed E-state index contributed by atoms with van der Waals surface area (Å²) in [5.41, 5.74) is 2.95. The Kier molecular flexibility index (Phi) is 4.11. The molecule has 0 bridgehead atoms. The lowest BCUT2D eigenvalue weighted by molar-refractivity contribution is 0.134. The SMILES string of the molecule is CN1CCC[C@@H]1Cc1c[nH]c2ccc(C=CC(C)(C)O)cc12. The molecule has 2 N–H and O–H groups in total. The minimum Gasteiger partial charge on any atom is -0.386 e. The van der Waals surface area contributed by atoms with Crippen LogP contribution in [-0.4, -0.2) is 40.2 Å². The standard InChI is InChI=1S/C19H26N2O/c1-19(2,22)9-8-14-6-7-18-17(11-14)15(13-20-18)12-16-5-4-10-21(16)3/h6-9,11,13,16,20,22H,4-5,10,12H2,1-3H3/t16-/m1/s1. The number of aromatic nitrogens is 1. The fraction of sp³-hybridized carbons (Fsp3) is 0.474. The van der Waals surface area contributed by atoms with E-state index in [1.807, 2.05) is 12.2 Å². The number of nitrogens with zero attached hydrogens (tertiary/aromatic N) is 1. The van der Waals surface area contributed by atoms with Gasteiger partial charge in [0.15, 0.2) is 0 Å². The van der Waals surface area contributed by atoms with Gasteiger partial charge in [-0.2, -0.15) is 0 Å². The van der Waals surface area contributed by atoms with E-state index in [-0.39, 0.29) is 0 Å².